The molecule has 1 heterocycles. The molecule has 0 amide bonds. The molecule has 0 aliphatic carbocycles. The third-order valence-electron chi connectivity index (χ3n) is 3.22. The lowest BCUT2D eigenvalue weighted by Gasteiger charge is -2.22. The Bertz CT molecular complexity index is 495. The summed E-state index contributed by atoms with van der Waals surface area (Å²) in [5.41, 5.74) is 7.92. The molecule has 1 aliphatic heterocycles. The molecule has 16 heavy (non-hydrogen) atoms. The fourth-order valence-corrected chi connectivity index (χ4v) is 4.25. The van der Waals surface area contributed by atoms with E-state index in [0.29, 0.717) is 12.8 Å². The number of aryl methyl sites for hydroxylation is 1. The monoisotopic (exact) mass is 239 g/mol. The van der Waals surface area contributed by atoms with Gasteiger partial charge in [0.05, 0.1) is 11.5 Å². The first-order chi connectivity index (χ1) is 7.40. The molecule has 1 aromatic carbocycles. The Morgan fingerprint density at radius 3 is 2.62 bits per heavy atom. The average molecular weight is 239 g/mol. The van der Waals surface area contributed by atoms with Crippen LogP contribution in [-0.4, -0.2) is 25.5 Å². The molecule has 0 aromatic heterocycles. The standard InChI is InChI=1S/C12H17NO2S/c1-10-4-2-3-5-11(10)8-12(13)6-7-16(14,15)9-12/h2-5H,6-9,13H2,1H3. The quantitative estimate of drug-likeness (QED) is 0.839. The maximum atomic E-state index is 11.4. The number of hydrogen-bond acceptors (Lipinski definition) is 3. The van der Waals surface area contributed by atoms with Crippen molar-refractivity contribution in [3.8, 4) is 0 Å². The highest BCUT2D eigenvalue weighted by Crippen LogP contribution is 2.26. The maximum Gasteiger partial charge on any atom is 0.152 e. The van der Waals surface area contributed by atoms with Gasteiger partial charge >= 0.3 is 0 Å². The summed E-state index contributed by atoms with van der Waals surface area (Å²) in [4.78, 5) is 0. The highest BCUT2D eigenvalue weighted by atomic mass is 32.2. The molecule has 0 bridgehead atoms. The molecule has 2 rings (SSSR count). The van der Waals surface area contributed by atoms with Gasteiger partial charge < -0.3 is 5.73 Å². The lowest BCUT2D eigenvalue weighted by Crippen LogP contribution is -2.43. The van der Waals surface area contributed by atoms with E-state index in [2.05, 4.69) is 0 Å². The Morgan fingerprint density at radius 2 is 2.06 bits per heavy atom. The van der Waals surface area contributed by atoms with Gasteiger partial charge in [-0.3, -0.25) is 0 Å². The predicted molar refractivity (Wildman–Crippen MR) is 65.1 cm³/mol. The second-order valence-corrected chi connectivity index (χ2v) is 6.99. The molecule has 1 saturated heterocycles. The van der Waals surface area contributed by atoms with Crippen LogP contribution in [0.15, 0.2) is 24.3 Å². The minimum absolute atomic E-state index is 0.119. The van der Waals surface area contributed by atoms with E-state index >= 15 is 0 Å². The summed E-state index contributed by atoms with van der Waals surface area (Å²) >= 11 is 0. The molecule has 1 unspecified atom stereocenters. The van der Waals surface area contributed by atoms with Crippen LogP contribution in [-0.2, 0) is 16.3 Å². The zero-order valence-corrected chi connectivity index (χ0v) is 10.3. The second kappa shape index (κ2) is 3.86. The molecular formula is C12H17NO2S. The summed E-state index contributed by atoms with van der Waals surface area (Å²) < 4.78 is 22.9. The molecule has 2 N–H and O–H groups in total. The van der Waals surface area contributed by atoms with E-state index in [0.717, 1.165) is 5.56 Å². The first-order valence-corrected chi connectivity index (χ1v) is 7.26. The van der Waals surface area contributed by atoms with Crippen molar-refractivity contribution in [1.29, 1.82) is 0 Å². The maximum absolute atomic E-state index is 11.4. The average Bonchev–Trinajstić information content (AvgIpc) is 2.45. The van der Waals surface area contributed by atoms with Crippen LogP contribution < -0.4 is 5.73 Å². The first-order valence-electron chi connectivity index (χ1n) is 5.44. The van der Waals surface area contributed by atoms with Gasteiger partial charge in [0.15, 0.2) is 9.84 Å². The number of sulfone groups is 1. The van der Waals surface area contributed by atoms with E-state index in [9.17, 15) is 8.42 Å². The molecule has 0 radical (unpaired) electrons. The van der Waals surface area contributed by atoms with Gasteiger partial charge in [0.2, 0.25) is 0 Å². The molecule has 0 saturated carbocycles. The van der Waals surface area contributed by atoms with E-state index in [-0.39, 0.29) is 11.5 Å². The summed E-state index contributed by atoms with van der Waals surface area (Å²) in [5, 5.41) is 0. The van der Waals surface area contributed by atoms with Gasteiger partial charge in [0.1, 0.15) is 0 Å². The van der Waals surface area contributed by atoms with E-state index in [1.54, 1.807) is 0 Å². The largest absolute Gasteiger partial charge is 0.324 e. The molecule has 1 aliphatic rings. The molecule has 1 aromatic rings. The van der Waals surface area contributed by atoms with Crippen LogP contribution in [0, 0.1) is 6.92 Å². The van der Waals surface area contributed by atoms with E-state index in [1.165, 1.54) is 5.56 Å². The van der Waals surface area contributed by atoms with Crippen molar-refractivity contribution in [2.75, 3.05) is 11.5 Å². The molecule has 88 valence electrons. The number of benzene rings is 1. The minimum Gasteiger partial charge on any atom is -0.324 e. The summed E-state index contributed by atoms with van der Waals surface area (Å²) in [6.45, 7) is 2.03. The van der Waals surface area contributed by atoms with E-state index in [4.69, 9.17) is 5.73 Å². The Kier molecular flexibility index (Phi) is 2.80. The first kappa shape index (κ1) is 11.6. The van der Waals surface area contributed by atoms with Crippen molar-refractivity contribution in [2.45, 2.75) is 25.3 Å². The predicted octanol–water partition coefficient (Wildman–Crippen LogP) is 1.05. The summed E-state index contributed by atoms with van der Waals surface area (Å²) in [6, 6.07) is 8.00. The van der Waals surface area contributed by atoms with Crippen LogP contribution in [0.1, 0.15) is 17.5 Å². The molecule has 0 spiro atoms. The zero-order valence-electron chi connectivity index (χ0n) is 9.44. The fourth-order valence-electron chi connectivity index (χ4n) is 2.27. The Labute approximate surface area is 96.6 Å². The minimum atomic E-state index is -2.91. The number of hydrogen-bond donors (Lipinski definition) is 1. The van der Waals surface area contributed by atoms with Gasteiger partial charge in [0, 0.05) is 5.54 Å². The van der Waals surface area contributed by atoms with E-state index in [1.807, 2.05) is 31.2 Å². The molecule has 1 atom stereocenters. The molecular weight excluding hydrogens is 222 g/mol. The smallest absolute Gasteiger partial charge is 0.152 e. The Hall–Kier alpha value is -0.870. The lowest BCUT2D eigenvalue weighted by molar-refractivity contribution is 0.475. The zero-order chi connectivity index (χ0) is 11.8. The molecule has 1 fully saturated rings. The van der Waals surface area contributed by atoms with Crippen LogP contribution in [0.3, 0.4) is 0 Å². The summed E-state index contributed by atoms with van der Waals surface area (Å²) in [7, 11) is -2.91. The number of nitrogens with two attached hydrogens (primary N) is 1. The van der Waals surface area contributed by atoms with Gasteiger partial charge in [-0.25, -0.2) is 8.42 Å². The van der Waals surface area contributed by atoms with Gasteiger partial charge in [-0.15, -0.1) is 0 Å². The van der Waals surface area contributed by atoms with Crippen LogP contribution >= 0.6 is 0 Å². The fraction of sp³-hybridized carbons (Fsp3) is 0.500. The van der Waals surface area contributed by atoms with Crippen molar-refractivity contribution in [1.82, 2.24) is 0 Å². The van der Waals surface area contributed by atoms with Crippen LogP contribution in [0.25, 0.3) is 0 Å². The normalized spacial score (nSPS) is 28.1. The SMILES string of the molecule is Cc1ccccc1CC1(N)CCS(=O)(=O)C1. The van der Waals surface area contributed by atoms with Gasteiger partial charge in [0.25, 0.3) is 0 Å². The third-order valence-corrected chi connectivity index (χ3v) is 5.06. The summed E-state index contributed by atoms with van der Waals surface area (Å²) in [6.07, 6.45) is 1.22. The second-order valence-electron chi connectivity index (χ2n) is 4.81. The Balaban J connectivity index is 2.20. The number of rotatable bonds is 2. The third kappa shape index (κ3) is 2.44. The van der Waals surface area contributed by atoms with Crippen molar-refractivity contribution >= 4 is 9.84 Å². The summed E-state index contributed by atoms with van der Waals surface area (Å²) in [5.74, 6) is 0.351. The van der Waals surface area contributed by atoms with Crippen LogP contribution in [0.2, 0.25) is 0 Å². The van der Waals surface area contributed by atoms with Gasteiger partial charge in [-0.05, 0) is 30.9 Å². The highest BCUT2D eigenvalue weighted by Gasteiger charge is 2.39. The van der Waals surface area contributed by atoms with Gasteiger partial charge in [-0.1, -0.05) is 24.3 Å². The van der Waals surface area contributed by atoms with Crippen LogP contribution in [0.5, 0.6) is 0 Å². The molecule has 3 nitrogen and oxygen atoms in total. The highest BCUT2D eigenvalue weighted by molar-refractivity contribution is 7.91. The van der Waals surface area contributed by atoms with Crippen LogP contribution in [0.4, 0.5) is 0 Å². The van der Waals surface area contributed by atoms with E-state index < -0.39 is 15.4 Å². The Morgan fingerprint density at radius 1 is 1.38 bits per heavy atom. The van der Waals surface area contributed by atoms with Crippen molar-refractivity contribution in [3.05, 3.63) is 35.4 Å². The van der Waals surface area contributed by atoms with Crippen molar-refractivity contribution < 1.29 is 8.42 Å². The van der Waals surface area contributed by atoms with Gasteiger partial charge in [-0.2, -0.15) is 0 Å². The lowest BCUT2D eigenvalue weighted by atomic mass is 9.89. The molecule has 4 heteroatoms. The van der Waals surface area contributed by atoms with Crippen molar-refractivity contribution in [2.24, 2.45) is 5.73 Å². The topological polar surface area (TPSA) is 60.2 Å². The van der Waals surface area contributed by atoms with Crippen molar-refractivity contribution in [3.63, 3.8) is 0 Å².